The molecular formula is C21H23FN4O2S2. The van der Waals surface area contributed by atoms with Crippen LogP contribution in [0.5, 0.6) is 0 Å². The van der Waals surface area contributed by atoms with E-state index in [-0.39, 0.29) is 17.2 Å². The number of hydrogen-bond donors (Lipinski definition) is 1. The van der Waals surface area contributed by atoms with Crippen LogP contribution in [0.4, 0.5) is 8.89 Å². The number of amides is 1. The van der Waals surface area contributed by atoms with Gasteiger partial charge in [-0.05, 0) is 44.2 Å². The van der Waals surface area contributed by atoms with Gasteiger partial charge in [-0.1, -0.05) is 17.7 Å². The molecule has 6 nitrogen and oxygen atoms in total. The van der Waals surface area contributed by atoms with Gasteiger partial charge in [0.2, 0.25) is 0 Å². The van der Waals surface area contributed by atoms with Gasteiger partial charge in [0.05, 0.1) is 16.1 Å². The molecule has 0 saturated carbocycles. The number of halogens is 1. The Kier molecular flexibility index (Phi) is 6.10. The predicted octanol–water partition coefficient (Wildman–Crippen LogP) is 4.20. The number of aryl methyl sites for hydroxylation is 1. The number of nitrogen functional groups attached to an aromatic ring is 1. The number of nitrogens with two attached hydrogens (primary N) is 1. The topological polar surface area (TPSA) is 81.2 Å². The van der Waals surface area contributed by atoms with E-state index in [0.717, 1.165) is 24.8 Å². The van der Waals surface area contributed by atoms with Crippen molar-refractivity contribution in [3.63, 3.8) is 0 Å². The summed E-state index contributed by atoms with van der Waals surface area (Å²) in [6.45, 7) is 3.17. The minimum Gasteiger partial charge on any atom is -0.390 e. The van der Waals surface area contributed by atoms with Gasteiger partial charge < -0.3 is 10.6 Å². The molecule has 1 aliphatic heterocycles. The highest BCUT2D eigenvalue weighted by Gasteiger charge is 2.28. The maximum Gasteiger partial charge on any atom is 0.282 e. The van der Waals surface area contributed by atoms with Gasteiger partial charge >= 0.3 is 0 Å². The summed E-state index contributed by atoms with van der Waals surface area (Å²) in [6.07, 6.45) is 2.52. The lowest BCUT2D eigenvalue weighted by Gasteiger charge is -2.31. The van der Waals surface area contributed by atoms with Crippen molar-refractivity contribution >= 4 is 45.2 Å². The zero-order valence-electron chi connectivity index (χ0n) is 16.6. The molecule has 1 saturated heterocycles. The maximum atomic E-state index is 13.3. The first kappa shape index (κ1) is 20.9. The van der Waals surface area contributed by atoms with E-state index in [4.69, 9.17) is 5.73 Å². The van der Waals surface area contributed by atoms with E-state index < -0.39 is 0 Å². The highest BCUT2D eigenvalue weighted by molar-refractivity contribution is 7.94. The number of carbonyl (C=O) groups is 1. The van der Waals surface area contributed by atoms with Crippen molar-refractivity contribution in [2.75, 3.05) is 24.6 Å². The number of anilines is 1. The van der Waals surface area contributed by atoms with Crippen molar-refractivity contribution in [1.29, 1.82) is 0 Å². The second-order valence-corrected chi connectivity index (χ2v) is 9.16. The fourth-order valence-corrected chi connectivity index (χ4v) is 5.09. The number of fused-ring (bicyclic) bond motifs is 1. The molecule has 1 aromatic carbocycles. The minimum absolute atomic E-state index is 0.197. The number of piperidine rings is 1. The van der Waals surface area contributed by atoms with Crippen LogP contribution in [-0.4, -0.2) is 39.4 Å². The number of likely N-dealkylation sites (tertiary alicyclic amines) is 1. The van der Waals surface area contributed by atoms with Crippen LogP contribution >= 0.6 is 23.5 Å². The first-order valence-electron chi connectivity index (χ1n) is 9.89. The van der Waals surface area contributed by atoms with Crippen LogP contribution in [0.1, 0.15) is 35.3 Å². The van der Waals surface area contributed by atoms with Gasteiger partial charge in [-0.25, -0.2) is 0 Å². The Morgan fingerprint density at radius 3 is 2.67 bits per heavy atom. The summed E-state index contributed by atoms with van der Waals surface area (Å²) >= 11 is 1.61. The Labute approximate surface area is 182 Å². The van der Waals surface area contributed by atoms with Gasteiger partial charge in [-0.3, -0.25) is 9.59 Å². The SMILES string of the molecule is Cc1ccc(-n2nc(C(=O)N3CCC(CCSF)CC3)c3csc(N)c3c2=O)cc1. The van der Waals surface area contributed by atoms with E-state index in [1.807, 2.05) is 19.1 Å². The first-order chi connectivity index (χ1) is 14.5. The van der Waals surface area contributed by atoms with E-state index in [2.05, 4.69) is 5.10 Å². The molecule has 1 fully saturated rings. The summed E-state index contributed by atoms with van der Waals surface area (Å²) in [5.74, 6) is 0.733. The highest BCUT2D eigenvalue weighted by Crippen LogP contribution is 2.29. The van der Waals surface area contributed by atoms with E-state index in [1.165, 1.54) is 16.0 Å². The lowest BCUT2D eigenvalue weighted by molar-refractivity contribution is 0.0683. The van der Waals surface area contributed by atoms with Crippen LogP contribution in [0, 0.1) is 12.8 Å². The van der Waals surface area contributed by atoms with Gasteiger partial charge in [-0.15, -0.1) is 11.3 Å². The second kappa shape index (κ2) is 8.77. The van der Waals surface area contributed by atoms with Crippen molar-refractivity contribution in [2.24, 2.45) is 5.92 Å². The molecule has 1 aliphatic rings. The smallest absolute Gasteiger partial charge is 0.282 e. The van der Waals surface area contributed by atoms with Crippen LogP contribution in [0.3, 0.4) is 0 Å². The lowest BCUT2D eigenvalue weighted by atomic mass is 9.94. The molecule has 3 aromatic rings. The normalized spacial score (nSPS) is 15.1. The zero-order chi connectivity index (χ0) is 21.3. The standard InChI is InChI=1S/C21H23FN4O2S2/c1-13-2-4-15(5-3-13)26-20(27)17-16(12-29-19(17)23)18(24-26)21(28)25-9-6-14(7-10-25)8-11-30-22/h2-5,12,14H,6-11,23H2,1H3. The minimum atomic E-state index is -0.327. The third-order valence-electron chi connectivity index (χ3n) is 5.67. The number of benzene rings is 1. The maximum absolute atomic E-state index is 13.3. The zero-order valence-corrected chi connectivity index (χ0v) is 18.3. The van der Waals surface area contributed by atoms with Gasteiger partial charge in [0, 0.05) is 41.8 Å². The van der Waals surface area contributed by atoms with Crippen LogP contribution in [0.15, 0.2) is 34.4 Å². The fraction of sp³-hybridized carbons (Fsp3) is 0.381. The molecule has 3 heterocycles. The van der Waals surface area contributed by atoms with Gasteiger partial charge in [0.15, 0.2) is 5.69 Å². The Morgan fingerprint density at radius 1 is 1.30 bits per heavy atom. The third kappa shape index (κ3) is 3.96. The van der Waals surface area contributed by atoms with E-state index in [1.54, 1.807) is 22.4 Å². The van der Waals surface area contributed by atoms with Crippen molar-refractivity contribution in [3.8, 4) is 5.69 Å². The second-order valence-electron chi connectivity index (χ2n) is 7.63. The molecule has 2 N–H and O–H groups in total. The highest BCUT2D eigenvalue weighted by atomic mass is 32.2. The van der Waals surface area contributed by atoms with Crippen LogP contribution in [-0.2, 0) is 0 Å². The number of thiophene rings is 1. The van der Waals surface area contributed by atoms with E-state index >= 15 is 0 Å². The Bertz CT molecular complexity index is 1120. The average Bonchev–Trinajstić information content (AvgIpc) is 3.15. The molecule has 2 aromatic heterocycles. The van der Waals surface area contributed by atoms with Gasteiger partial charge in [0.1, 0.15) is 0 Å². The molecule has 0 spiro atoms. The van der Waals surface area contributed by atoms with Crippen molar-refractivity contribution in [1.82, 2.24) is 14.7 Å². The number of carbonyl (C=O) groups excluding carboxylic acids is 1. The number of aromatic nitrogens is 2. The summed E-state index contributed by atoms with van der Waals surface area (Å²) in [6, 6.07) is 7.40. The number of hydrogen-bond acceptors (Lipinski definition) is 6. The fourth-order valence-electron chi connectivity index (χ4n) is 3.88. The number of rotatable bonds is 5. The van der Waals surface area contributed by atoms with Gasteiger partial charge in [-0.2, -0.15) is 13.7 Å². The van der Waals surface area contributed by atoms with E-state index in [0.29, 0.717) is 58.4 Å². The summed E-state index contributed by atoms with van der Waals surface area (Å²) in [7, 11) is 0. The molecule has 1 amide bonds. The number of nitrogens with zero attached hydrogens (tertiary/aromatic N) is 3. The van der Waals surface area contributed by atoms with E-state index in [9.17, 15) is 13.5 Å². The Morgan fingerprint density at radius 2 is 2.00 bits per heavy atom. The molecule has 0 aliphatic carbocycles. The Balaban J connectivity index is 1.70. The molecule has 4 rings (SSSR count). The van der Waals surface area contributed by atoms with Crippen LogP contribution in [0.25, 0.3) is 16.5 Å². The molecule has 9 heteroatoms. The van der Waals surface area contributed by atoms with Crippen molar-refractivity contribution in [3.05, 3.63) is 51.3 Å². The summed E-state index contributed by atoms with van der Waals surface area (Å²) in [5.41, 5.74) is 7.65. The summed E-state index contributed by atoms with van der Waals surface area (Å²) in [5, 5.41) is 7.43. The average molecular weight is 447 g/mol. The monoisotopic (exact) mass is 446 g/mol. The lowest BCUT2D eigenvalue weighted by Crippen LogP contribution is -2.40. The molecule has 0 unspecified atom stereocenters. The molecular weight excluding hydrogens is 423 g/mol. The molecule has 0 radical (unpaired) electrons. The summed E-state index contributed by atoms with van der Waals surface area (Å²) < 4.78 is 13.6. The molecule has 0 bridgehead atoms. The van der Waals surface area contributed by atoms with Crippen molar-refractivity contribution in [2.45, 2.75) is 26.2 Å². The van der Waals surface area contributed by atoms with Gasteiger partial charge in [0.25, 0.3) is 11.5 Å². The predicted molar refractivity (Wildman–Crippen MR) is 121 cm³/mol. The molecule has 30 heavy (non-hydrogen) atoms. The van der Waals surface area contributed by atoms with Crippen molar-refractivity contribution < 1.29 is 8.68 Å². The third-order valence-corrected chi connectivity index (χ3v) is 6.87. The first-order valence-corrected chi connectivity index (χ1v) is 11.7. The molecule has 0 atom stereocenters. The quantitative estimate of drug-likeness (QED) is 0.635. The van der Waals surface area contributed by atoms with Crippen LogP contribution < -0.4 is 11.3 Å². The summed E-state index contributed by atoms with van der Waals surface area (Å²) in [4.78, 5) is 28.2. The molecule has 158 valence electrons. The largest absolute Gasteiger partial charge is 0.390 e. The van der Waals surface area contributed by atoms with Crippen LogP contribution in [0.2, 0.25) is 0 Å². The Hall–Kier alpha value is -2.39.